The van der Waals surface area contributed by atoms with Crippen molar-refractivity contribution in [2.24, 2.45) is 5.92 Å². The molecule has 0 aliphatic heterocycles. The van der Waals surface area contributed by atoms with Crippen LogP contribution in [0.2, 0.25) is 0 Å². The average Bonchev–Trinajstić information content (AvgIpc) is 3.70. The zero-order valence-electron chi connectivity index (χ0n) is 35.3. The maximum Gasteiger partial charge on any atom is 0.0625 e. The molecule has 2 aliphatic carbocycles. The van der Waals surface area contributed by atoms with Gasteiger partial charge in [0.05, 0.1) is 11.0 Å². The molecule has 63 heavy (non-hydrogen) atoms. The van der Waals surface area contributed by atoms with Crippen LogP contribution in [0.3, 0.4) is 0 Å². The van der Waals surface area contributed by atoms with Crippen molar-refractivity contribution < 1.29 is 0 Å². The average molecular weight is 807 g/mol. The minimum absolute atomic E-state index is 0.331. The van der Waals surface area contributed by atoms with E-state index in [0.717, 1.165) is 29.9 Å². The van der Waals surface area contributed by atoms with Gasteiger partial charge >= 0.3 is 0 Å². The van der Waals surface area contributed by atoms with E-state index in [1.54, 1.807) is 0 Å². The molecule has 2 aliphatic rings. The highest BCUT2D eigenvalue weighted by Crippen LogP contribution is 2.46. The van der Waals surface area contributed by atoms with E-state index in [1.807, 2.05) is 0 Å². The minimum Gasteiger partial charge on any atom is -0.310 e. The highest BCUT2D eigenvalue weighted by Gasteiger charge is 2.23. The molecule has 0 bridgehead atoms. The summed E-state index contributed by atoms with van der Waals surface area (Å²) < 4.78 is 2.51. The summed E-state index contributed by atoms with van der Waals surface area (Å²) in [5.74, 6) is 0.807. The highest BCUT2D eigenvalue weighted by molar-refractivity contribution is 6.24. The van der Waals surface area contributed by atoms with Crippen molar-refractivity contribution in [1.29, 1.82) is 0 Å². The summed E-state index contributed by atoms with van der Waals surface area (Å²) in [4.78, 5) is 2.43. The first-order valence-corrected chi connectivity index (χ1v) is 22.3. The van der Waals surface area contributed by atoms with Crippen molar-refractivity contribution in [1.82, 2.24) is 4.57 Å². The third-order valence-corrected chi connectivity index (χ3v) is 13.4. The topological polar surface area (TPSA) is 8.17 Å². The Kier molecular flexibility index (Phi) is 9.04. The van der Waals surface area contributed by atoms with Gasteiger partial charge in [-0.1, -0.05) is 177 Å². The van der Waals surface area contributed by atoms with Gasteiger partial charge in [-0.15, -0.1) is 0 Å². The highest BCUT2D eigenvalue weighted by atomic mass is 15.1. The number of fused-ring (bicyclic) bond motifs is 7. The maximum atomic E-state index is 2.51. The molecule has 10 aromatic rings. The van der Waals surface area contributed by atoms with E-state index in [2.05, 4.69) is 241 Å². The zero-order valence-corrected chi connectivity index (χ0v) is 35.3. The Bertz CT molecular complexity index is 3460. The Balaban J connectivity index is 1.03. The molecule has 0 saturated heterocycles. The van der Waals surface area contributed by atoms with Crippen LogP contribution in [0.4, 0.5) is 17.1 Å². The molecule has 300 valence electrons. The number of anilines is 3. The smallest absolute Gasteiger partial charge is 0.0625 e. The van der Waals surface area contributed by atoms with Gasteiger partial charge in [-0.25, -0.2) is 0 Å². The molecule has 2 nitrogen and oxygen atoms in total. The van der Waals surface area contributed by atoms with Crippen LogP contribution in [-0.4, -0.2) is 4.57 Å². The summed E-state index contributed by atoms with van der Waals surface area (Å²) in [5.41, 5.74) is 16.0. The molecule has 1 aromatic heterocycles. The predicted octanol–water partition coefficient (Wildman–Crippen LogP) is 16.9. The summed E-state index contributed by atoms with van der Waals surface area (Å²) in [6, 6.07) is 72.0. The molecule has 0 fully saturated rings. The molecule has 0 N–H and O–H groups in total. The predicted molar refractivity (Wildman–Crippen MR) is 269 cm³/mol. The van der Waals surface area contributed by atoms with Gasteiger partial charge in [-0.3, -0.25) is 0 Å². The molecule has 0 saturated carbocycles. The monoisotopic (exact) mass is 806 g/mol. The fourth-order valence-corrected chi connectivity index (χ4v) is 10.4. The van der Waals surface area contributed by atoms with Gasteiger partial charge in [0.25, 0.3) is 0 Å². The van der Waals surface area contributed by atoms with Crippen LogP contribution in [0.5, 0.6) is 0 Å². The van der Waals surface area contributed by atoms with Gasteiger partial charge in [0.2, 0.25) is 0 Å². The van der Waals surface area contributed by atoms with Gasteiger partial charge in [-0.05, 0) is 128 Å². The Morgan fingerprint density at radius 1 is 0.492 bits per heavy atom. The van der Waals surface area contributed by atoms with Crippen molar-refractivity contribution in [2.75, 3.05) is 4.90 Å². The number of allylic oxidation sites excluding steroid dienone is 5. The second kappa shape index (κ2) is 15.3. The Labute approximate surface area is 369 Å². The molecular weight excluding hydrogens is 761 g/mol. The van der Waals surface area contributed by atoms with Crippen LogP contribution in [0.1, 0.15) is 42.4 Å². The summed E-state index contributed by atoms with van der Waals surface area (Å²) in [6.07, 6.45) is 13.7. The standard InChI is InChI=1S/C61H46N2/c1-41-14-10-21-50(38-41)63-59-29-9-8-26-57(59)60-58(40-47-17-4-7-25-56(47)61(60)63)46-20-11-22-51(39-46)62(48-34-30-44(31-35-48)54-27-12-18-42-15-2-5-23-52(42)54)49-36-32-45(33-37-49)55-28-13-19-43-16-3-6-24-53(43)55/h2-13,15-27,29-41,55H,14,28H2,1H3. The molecule has 0 spiro atoms. The minimum atomic E-state index is 0.331. The molecule has 12 rings (SSSR count). The summed E-state index contributed by atoms with van der Waals surface area (Å²) in [7, 11) is 0. The Hall–Kier alpha value is -7.68. The van der Waals surface area contributed by atoms with Crippen molar-refractivity contribution >= 4 is 72.2 Å². The van der Waals surface area contributed by atoms with Crippen LogP contribution in [0.15, 0.2) is 218 Å². The normalized spacial score (nSPS) is 15.9. The lowest BCUT2D eigenvalue weighted by molar-refractivity contribution is 0.735. The molecule has 1 heterocycles. The molecule has 2 atom stereocenters. The van der Waals surface area contributed by atoms with E-state index >= 15 is 0 Å². The first kappa shape index (κ1) is 37.1. The van der Waals surface area contributed by atoms with Crippen LogP contribution in [-0.2, 0) is 0 Å². The van der Waals surface area contributed by atoms with E-state index in [4.69, 9.17) is 0 Å². The van der Waals surface area contributed by atoms with Gasteiger partial charge in [0.15, 0.2) is 0 Å². The number of rotatable bonds is 7. The second-order valence-corrected chi connectivity index (χ2v) is 17.3. The number of hydrogen-bond acceptors (Lipinski definition) is 1. The van der Waals surface area contributed by atoms with Crippen molar-refractivity contribution in [2.45, 2.75) is 25.7 Å². The third kappa shape index (κ3) is 6.41. The van der Waals surface area contributed by atoms with Gasteiger partial charge in [-0.2, -0.15) is 0 Å². The lowest BCUT2D eigenvalue weighted by Crippen LogP contribution is -2.11. The first-order chi connectivity index (χ1) is 31.2. The van der Waals surface area contributed by atoms with Gasteiger partial charge < -0.3 is 9.47 Å². The number of nitrogens with zero attached hydrogens (tertiary/aromatic N) is 2. The van der Waals surface area contributed by atoms with E-state index < -0.39 is 0 Å². The number of benzene rings is 9. The van der Waals surface area contributed by atoms with Crippen molar-refractivity contribution in [3.05, 3.63) is 235 Å². The SMILES string of the molecule is CC1C=C(n2c3ccccc3c3c(-c4cccc(N(c5ccc(-c6cccc7ccccc67)cc5)c5ccc(C6CC=Cc7ccccc76)cc5)c4)cc4ccccc4c32)C=CC1. The molecule has 2 heteroatoms. The van der Waals surface area contributed by atoms with Crippen LogP contribution in [0.25, 0.3) is 77.4 Å². The molecule has 0 radical (unpaired) electrons. The van der Waals surface area contributed by atoms with E-state index in [1.165, 1.54) is 88.0 Å². The summed E-state index contributed by atoms with van der Waals surface area (Å²) in [5, 5.41) is 7.56. The van der Waals surface area contributed by atoms with Crippen molar-refractivity contribution in [3.63, 3.8) is 0 Å². The van der Waals surface area contributed by atoms with Crippen LogP contribution >= 0.6 is 0 Å². The Morgan fingerprint density at radius 3 is 2.02 bits per heavy atom. The Morgan fingerprint density at radius 2 is 1.17 bits per heavy atom. The van der Waals surface area contributed by atoms with Crippen LogP contribution in [0, 0.1) is 5.92 Å². The molecule has 2 unspecified atom stereocenters. The number of aromatic nitrogens is 1. The first-order valence-electron chi connectivity index (χ1n) is 22.3. The fraction of sp³-hybridized carbons (Fsp3) is 0.0820. The van der Waals surface area contributed by atoms with E-state index in [0.29, 0.717) is 11.8 Å². The quantitative estimate of drug-likeness (QED) is 0.156. The number of hydrogen-bond donors (Lipinski definition) is 0. The fourth-order valence-electron chi connectivity index (χ4n) is 10.4. The molecular formula is C61H46N2. The van der Waals surface area contributed by atoms with Gasteiger partial charge in [0.1, 0.15) is 0 Å². The van der Waals surface area contributed by atoms with Crippen molar-refractivity contribution in [3.8, 4) is 22.3 Å². The third-order valence-electron chi connectivity index (χ3n) is 13.4. The maximum absolute atomic E-state index is 2.51. The van der Waals surface area contributed by atoms with E-state index in [9.17, 15) is 0 Å². The van der Waals surface area contributed by atoms with Crippen LogP contribution < -0.4 is 4.90 Å². The lowest BCUT2D eigenvalue weighted by atomic mass is 9.82. The molecule has 0 amide bonds. The van der Waals surface area contributed by atoms with Gasteiger partial charge in [0, 0.05) is 44.8 Å². The zero-order chi connectivity index (χ0) is 41.9. The summed E-state index contributed by atoms with van der Waals surface area (Å²) >= 11 is 0. The lowest BCUT2D eigenvalue weighted by Gasteiger charge is -2.28. The van der Waals surface area contributed by atoms with E-state index in [-0.39, 0.29) is 0 Å². The number of para-hydroxylation sites is 1. The second-order valence-electron chi connectivity index (χ2n) is 17.3. The largest absolute Gasteiger partial charge is 0.310 e. The summed E-state index contributed by atoms with van der Waals surface area (Å²) in [6.45, 7) is 2.31. The molecule has 9 aromatic carbocycles.